The first kappa shape index (κ1) is 17.5. The molecule has 26 heavy (non-hydrogen) atoms. The number of carbonyl (C=O) groups excluding carboxylic acids is 1. The first-order valence-corrected chi connectivity index (χ1v) is 8.36. The predicted molar refractivity (Wildman–Crippen MR) is 101 cm³/mol. The van der Waals surface area contributed by atoms with Gasteiger partial charge in [-0.05, 0) is 47.4 Å². The highest BCUT2D eigenvalue weighted by Crippen LogP contribution is 2.29. The van der Waals surface area contributed by atoms with Gasteiger partial charge in [0.1, 0.15) is 5.75 Å². The Kier molecular flexibility index (Phi) is 5.23. The third-order valence-electron chi connectivity index (χ3n) is 4.29. The number of methoxy groups -OCH3 is 1. The second kappa shape index (κ2) is 7.74. The minimum absolute atomic E-state index is 0.0423. The van der Waals surface area contributed by atoms with Gasteiger partial charge in [0.15, 0.2) is 17.3 Å². The van der Waals surface area contributed by atoms with Gasteiger partial charge in [0.05, 0.1) is 7.11 Å². The van der Waals surface area contributed by atoms with E-state index in [4.69, 9.17) is 4.74 Å². The number of hydrogen-bond acceptors (Lipinski definition) is 4. The van der Waals surface area contributed by atoms with Crippen molar-refractivity contribution in [3.63, 3.8) is 0 Å². The molecule has 4 nitrogen and oxygen atoms in total. The second-order valence-corrected chi connectivity index (χ2v) is 6.02. The van der Waals surface area contributed by atoms with Crippen LogP contribution in [0.1, 0.15) is 22.3 Å². The molecule has 2 N–H and O–H groups in total. The first-order chi connectivity index (χ1) is 12.6. The highest BCUT2D eigenvalue weighted by molar-refractivity contribution is 6.02. The van der Waals surface area contributed by atoms with Gasteiger partial charge in [-0.1, -0.05) is 42.5 Å². The molecule has 0 aliphatic carbocycles. The highest BCUT2D eigenvalue weighted by atomic mass is 16.5. The number of phenols is 2. The Morgan fingerprint density at radius 1 is 0.962 bits per heavy atom. The molecule has 0 aliphatic rings. The van der Waals surface area contributed by atoms with E-state index in [-0.39, 0.29) is 17.3 Å². The van der Waals surface area contributed by atoms with Crippen molar-refractivity contribution < 1.29 is 19.7 Å². The highest BCUT2D eigenvalue weighted by Gasteiger charge is 2.13. The van der Waals surface area contributed by atoms with Crippen molar-refractivity contribution in [3.05, 3.63) is 77.9 Å². The maximum absolute atomic E-state index is 12.8. The molecule has 132 valence electrons. The molecule has 0 radical (unpaired) electrons. The van der Waals surface area contributed by atoms with Crippen molar-refractivity contribution in [3.8, 4) is 28.4 Å². The van der Waals surface area contributed by atoms with Crippen molar-refractivity contribution in [2.24, 2.45) is 0 Å². The number of aromatic hydroxyl groups is 2. The van der Waals surface area contributed by atoms with Crippen LogP contribution in [0, 0.1) is 0 Å². The molecule has 0 atom stereocenters. The Labute approximate surface area is 152 Å². The van der Waals surface area contributed by atoms with Crippen LogP contribution in [0.15, 0.2) is 66.7 Å². The van der Waals surface area contributed by atoms with Gasteiger partial charge in [0.2, 0.25) is 0 Å². The zero-order chi connectivity index (χ0) is 18.5. The minimum atomic E-state index is 0.0423. The van der Waals surface area contributed by atoms with Crippen molar-refractivity contribution in [2.75, 3.05) is 7.11 Å². The van der Waals surface area contributed by atoms with E-state index in [0.717, 1.165) is 16.7 Å². The minimum Gasteiger partial charge on any atom is -0.508 e. The molecule has 0 bridgehead atoms. The Hall–Kier alpha value is -3.27. The topological polar surface area (TPSA) is 66.8 Å². The van der Waals surface area contributed by atoms with E-state index < -0.39 is 0 Å². The summed E-state index contributed by atoms with van der Waals surface area (Å²) in [6.45, 7) is 0. The fraction of sp³-hybridized carbons (Fsp3) is 0.136. The van der Waals surface area contributed by atoms with Gasteiger partial charge in [-0.3, -0.25) is 4.79 Å². The Morgan fingerprint density at radius 3 is 2.42 bits per heavy atom. The number of ketones is 1. The van der Waals surface area contributed by atoms with Crippen LogP contribution in [0.3, 0.4) is 0 Å². The number of rotatable bonds is 6. The lowest BCUT2D eigenvalue weighted by atomic mass is 9.94. The van der Waals surface area contributed by atoms with Gasteiger partial charge >= 0.3 is 0 Å². The molecule has 0 aromatic heterocycles. The molecule has 0 saturated heterocycles. The molecule has 3 aromatic rings. The van der Waals surface area contributed by atoms with E-state index in [1.54, 1.807) is 42.5 Å². The van der Waals surface area contributed by atoms with E-state index in [9.17, 15) is 15.0 Å². The largest absolute Gasteiger partial charge is 0.508 e. The fourth-order valence-corrected chi connectivity index (χ4v) is 2.89. The lowest BCUT2D eigenvalue weighted by molar-refractivity contribution is 0.0983. The first-order valence-electron chi connectivity index (χ1n) is 8.36. The zero-order valence-electron chi connectivity index (χ0n) is 14.5. The molecule has 0 amide bonds. The summed E-state index contributed by atoms with van der Waals surface area (Å²) in [5, 5.41) is 19.1. The number of aryl methyl sites for hydroxylation is 1. The van der Waals surface area contributed by atoms with E-state index in [1.165, 1.54) is 7.11 Å². The van der Waals surface area contributed by atoms with Crippen molar-refractivity contribution >= 4 is 5.78 Å². The zero-order valence-corrected chi connectivity index (χ0v) is 14.5. The number of Topliss-reactive ketones (excluding diaryl/α,β-unsaturated/α-hetero) is 1. The van der Waals surface area contributed by atoms with Gasteiger partial charge in [-0.2, -0.15) is 0 Å². The standard InChI is InChI=1S/C22H20O4/c1-26-22-14-15(7-13-21(22)25)6-12-20(24)19-5-3-2-4-18(19)16-8-10-17(23)11-9-16/h2-5,7-11,13-14,23,25H,6,12H2,1H3. The Bertz CT molecular complexity index is 914. The van der Waals surface area contributed by atoms with Crippen LogP contribution >= 0.6 is 0 Å². The molecule has 0 unspecified atom stereocenters. The van der Waals surface area contributed by atoms with Gasteiger partial charge in [0, 0.05) is 12.0 Å². The maximum Gasteiger partial charge on any atom is 0.163 e. The van der Waals surface area contributed by atoms with Crippen LogP contribution in [-0.2, 0) is 6.42 Å². The third kappa shape index (κ3) is 3.86. The summed E-state index contributed by atoms with van der Waals surface area (Å²) < 4.78 is 5.11. The van der Waals surface area contributed by atoms with E-state index >= 15 is 0 Å². The van der Waals surface area contributed by atoms with Crippen molar-refractivity contribution in [1.29, 1.82) is 0 Å². The van der Waals surface area contributed by atoms with E-state index in [1.807, 2.05) is 24.3 Å². The lowest BCUT2D eigenvalue weighted by Crippen LogP contribution is -2.03. The molecule has 4 heteroatoms. The summed E-state index contributed by atoms with van der Waals surface area (Å²) in [6.07, 6.45) is 0.905. The fourth-order valence-electron chi connectivity index (χ4n) is 2.89. The molecule has 0 fully saturated rings. The molecule has 0 saturated carbocycles. The summed E-state index contributed by atoms with van der Waals surface area (Å²) in [6, 6.07) is 19.4. The summed E-state index contributed by atoms with van der Waals surface area (Å²) in [7, 11) is 1.50. The van der Waals surface area contributed by atoms with Crippen LogP contribution in [0.5, 0.6) is 17.2 Å². The molecule has 3 aromatic carbocycles. The number of carbonyl (C=O) groups is 1. The summed E-state index contributed by atoms with van der Waals surface area (Å²) in [5.74, 6) is 0.722. The average Bonchev–Trinajstić information content (AvgIpc) is 2.67. The molecular weight excluding hydrogens is 328 g/mol. The monoisotopic (exact) mass is 348 g/mol. The maximum atomic E-state index is 12.8. The van der Waals surface area contributed by atoms with Crippen LogP contribution in [0.2, 0.25) is 0 Å². The Morgan fingerprint density at radius 2 is 1.69 bits per heavy atom. The van der Waals surface area contributed by atoms with E-state index in [0.29, 0.717) is 24.2 Å². The predicted octanol–water partition coefficient (Wildman–Crippen LogP) is 4.59. The SMILES string of the molecule is COc1cc(CCC(=O)c2ccccc2-c2ccc(O)cc2)ccc1O. The van der Waals surface area contributed by atoms with Crippen LogP contribution in [0.25, 0.3) is 11.1 Å². The van der Waals surface area contributed by atoms with E-state index in [2.05, 4.69) is 0 Å². The third-order valence-corrected chi connectivity index (χ3v) is 4.29. The summed E-state index contributed by atoms with van der Waals surface area (Å²) in [4.78, 5) is 12.8. The molecule has 0 spiro atoms. The Balaban J connectivity index is 1.79. The quantitative estimate of drug-likeness (QED) is 0.640. The van der Waals surface area contributed by atoms with Gasteiger partial charge < -0.3 is 14.9 Å². The smallest absolute Gasteiger partial charge is 0.163 e. The number of ether oxygens (including phenoxy) is 1. The lowest BCUT2D eigenvalue weighted by Gasteiger charge is -2.10. The van der Waals surface area contributed by atoms with Gasteiger partial charge in [-0.15, -0.1) is 0 Å². The molecule has 0 heterocycles. The number of phenolic OH excluding ortho intramolecular Hbond substituents is 2. The number of benzene rings is 3. The second-order valence-electron chi connectivity index (χ2n) is 6.02. The molecule has 3 rings (SSSR count). The van der Waals surface area contributed by atoms with Gasteiger partial charge in [-0.25, -0.2) is 0 Å². The molecular formula is C22H20O4. The van der Waals surface area contributed by atoms with Crippen LogP contribution in [-0.4, -0.2) is 23.1 Å². The number of hydrogen-bond donors (Lipinski definition) is 2. The summed E-state index contributed by atoms with van der Waals surface area (Å²) in [5.41, 5.74) is 3.32. The van der Waals surface area contributed by atoms with Gasteiger partial charge in [0.25, 0.3) is 0 Å². The van der Waals surface area contributed by atoms with Crippen LogP contribution < -0.4 is 4.74 Å². The van der Waals surface area contributed by atoms with Crippen molar-refractivity contribution in [2.45, 2.75) is 12.8 Å². The normalized spacial score (nSPS) is 10.5. The average molecular weight is 348 g/mol. The summed E-state index contributed by atoms with van der Waals surface area (Å²) >= 11 is 0. The molecule has 0 aliphatic heterocycles. The van der Waals surface area contributed by atoms with Crippen molar-refractivity contribution in [1.82, 2.24) is 0 Å². The van der Waals surface area contributed by atoms with Crippen LogP contribution in [0.4, 0.5) is 0 Å².